The minimum absolute atomic E-state index is 0.667. The second-order valence-corrected chi connectivity index (χ2v) is 15.2. The van der Waals surface area contributed by atoms with Gasteiger partial charge in [-0.25, -0.2) is 9.97 Å². The smallest absolute Gasteiger partial charge is 0.235 e. The molecule has 5 heteroatoms. The third-order valence-corrected chi connectivity index (χ3v) is 12.3. The Morgan fingerprint density at radius 2 is 0.873 bits per heavy atom. The topological polar surface area (TPSA) is 35.6 Å². The van der Waals surface area contributed by atoms with Crippen LogP contribution < -0.4 is 0 Å². The van der Waals surface area contributed by atoms with Crippen LogP contribution >= 0.6 is 11.3 Å². The van der Waals surface area contributed by atoms with Gasteiger partial charge < -0.3 is 4.57 Å². The van der Waals surface area contributed by atoms with E-state index >= 15 is 0 Å². The third kappa shape index (κ3) is 4.45. The van der Waals surface area contributed by atoms with Gasteiger partial charge in [-0.2, -0.15) is 0 Å². The number of aromatic nitrogens is 4. The largest absolute Gasteiger partial charge is 0.309 e. The van der Waals surface area contributed by atoms with Gasteiger partial charge in [0.1, 0.15) is 0 Å². The van der Waals surface area contributed by atoms with Gasteiger partial charge in [0.15, 0.2) is 0 Å². The first-order valence-electron chi connectivity index (χ1n) is 18.6. The Balaban J connectivity index is 1.23. The maximum Gasteiger partial charge on any atom is 0.235 e. The fourth-order valence-electron chi connectivity index (χ4n) is 8.74. The van der Waals surface area contributed by atoms with Crippen LogP contribution in [0.4, 0.5) is 0 Å². The van der Waals surface area contributed by atoms with E-state index in [1.54, 1.807) is 0 Å². The van der Waals surface area contributed by atoms with Gasteiger partial charge in [0.2, 0.25) is 5.95 Å². The molecule has 0 aliphatic heterocycles. The summed E-state index contributed by atoms with van der Waals surface area (Å²) in [5.74, 6) is 0.667. The van der Waals surface area contributed by atoms with Crippen molar-refractivity contribution in [3.8, 4) is 34.0 Å². The molecule has 0 unspecified atom stereocenters. The molecule has 0 aliphatic carbocycles. The van der Waals surface area contributed by atoms with Crippen LogP contribution in [0.1, 0.15) is 0 Å². The fourth-order valence-corrected chi connectivity index (χ4v) is 9.85. The van der Waals surface area contributed by atoms with Crippen LogP contribution in [-0.4, -0.2) is 19.1 Å². The Bertz CT molecular complexity index is 3470. The molecule has 55 heavy (non-hydrogen) atoms. The molecule has 0 radical (unpaired) electrons. The summed E-state index contributed by atoms with van der Waals surface area (Å²) in [6.45, 7) is 0. The van der Waals surface area contributed by atoms with Crippen LogP contribution in [0.15, 0.2) is 182 Å². The lowest BCUT2D eigenvalue weighted by Gasteiger charge is -2.13. The standard InChI is InChI=1S/C50H30N4S/c1-3-13-31(14-4-1)32-23-25-34(26-24-32)53-41-21-11-8-17-35(41)37-27-29-43-45(48(37)53)46-44(55-43)30-28-38-36-18-9-12-22-42(36)54(49(38)46)50-51-40-20-10-7-19-39(40)47(52-50)33-15-5-2-6-16-33/h1-30H. The average molecular weight is 719 g/mol. The van der Waals surface area contributed by atoms with Gasteiger partial charge >= 0.3 is 0 Å². The molecule has 0 atom stereocenters. The van der Waals surface area contributed by atoms with Crippen molar-refractivity contribution in [2.75, 3.05) is 0 Å². The zero-order valence-corrected chi connectivity index (χ0v) is 30.3. The van der Waals surface area contributed by atoms with Crippen LogP contribution in [0, 0.1) is 0 Å². The maximum atomic E-state index is 5.43. The van der Waals surface area contributed by atoms with Gasteiger partial charge in [0.05, 0.1) is 33.3 Å². The molecule has 0 spiro atoms. The molecule has 0 N–H and O–H groups in total. The lowest BCUT2D eigenvalue weighted by molar-refractivity contribution is 1.02. The van der Waals surface area contributed by atoms with E-state index in [9.17, 15) is 0 Å². The third-order valence-electron chi connectivity index (χ3n) is 11.1. The van der Waals surface area contributed by atoms with Crippen molar-refractivity contribution in [1.29, 1.82) is 0 Å². The van der Waals surface area contributed by atoms with Crippen molar-refractivity contribution in [3.63, 3.8) is 0 Å². The SMILES string of the molecule is c1ccc(-c2ccc(-n3c4ccccc4c4ccc5sc6ccc7c8ccccc8n(-c8nc(-c9ccccc9)c9ccccc9n8)c7c6c5c43)cc2)cc1. The summed E-state index contributed by atoms with van der Waals surface area (Å²) >= 11 is 1.85. The molecular weight excluding hydrogens is 689 g/mol. The lowest BCUT2D eigenvalue weighted by Crippen LogP contribution is -2.03. The van der Waals surface area contributed by atoms with Gasteiger partial charge in [0, 0.05) is 58.4 Å². The maximum absolute atomic E-state index is 5.43. The quantitative estimate of drug-likeness (QED) is 0.182. The van der Waals surface area contributed by atoms with E-state index in [0.717, 1.165) is 38.9 Å². The Kier molecular flexibility index (Phi) is 6.47. The normalized spacial score (nSPS) is 12.0. The number of fused-ring (bicyclic) bond motifs is 12. The first-order chi connectivity index (χ1) is 27.3. The average Bonchev–Trinajstić information content (AvgIpc) is 3.92. The van der Waals surface area contributed by atoms with Crippen molar-refractivity contribution >= 4 is 86.0 Å². The molecule has 12 aromatic rings. The second-order valence-electron chi connectivity index (χ2n) is 14.1. The molecule has 0 fully saturated rings. The summed E-state index contributed by atoms with van der Waals surface area (Å²) in [6, 6.07) is 65.2. The summed E-state index contributed by atoms with van der Waals surface area (Å²) in [5, 5.41) is 8.36. The van der Waals surface area contributed by atoms with Crippen LogP contribution in [0.3, 0.4) is 0 Å². The summed E-state index contributed by atoms with van der Waals surface area (Å²) < 4.78 is 7.28. The summed E-state index contributed by atoms with van der Waals surface area (Å²) in [6.07, 6.45) is 0. The van der Waals surface area contributed by atoms with E-state index in [2.05, 4.69) is 191 Å². The van der Waals surface area contributed by atoms with E-state index in [4.69, 9.17) is 9.97 Å². The molecule has 0 saturated heterocycles. The summed E-state index contributed by atoms with van der Waals surface area (Å²) in [7, 11) is 0. The van der Waals surface area contributed by atoms with Gasteiger partial charge in [-0.05, 0) is 53.6 Å². The first-order valence-corrected chi connectivity index (χ1v) is 19.4. The Hall–Kier alpha value is -7.08. The summed E-state index contributed by atoms with van der Waals surface area (Å²) in [4.78, 5) is 10.8. The number of benzene rings is 8. The van der Waals surface area contributed by atoms with Gasteiger partial charge in [0.25, 0.3) is 0 Å². The molecule has 4 nitrogen and oxygen atoms in total. The number of nitrogens with zero attached hydrogens (tertiary/aromatic N) is 4. The molecule has 0 bridgehead atoms. The first kappa shape index (κ1) is 30.4. The van der Waals surface area contributed by atoms with E-state index in [1.165, 1.54) is 63.9 Å². The fraction of sp³-hybridized carbons (Fsp3) is 0. The van der Waals surface area contributed by atoms with Crippen molar-refractivity contribution in [3.05, 3.63) is 182 Å². The number of rotatable bonds is 4. The van der Waals surface area contributed by atoms with Gasteiger partial charge in [-0.1, -0.05) is 140 Å². The highest BCUT2D eigenvalue weighted by Gasteiger charge is 2.24. The molecule has 256 valence electrons. The molecule has 4 aromatic heterocycles. The minimum Gasteiger partial charge on any atom is -0.309 e. The summed E-state index contributed by atoms with van der Waals surface area (Å²) in [5.41, 5.74) is 11.1. The Labute approximate surface area is 319 Å². The highest BCUT2D eigenvalue weighted by Crippen LogP contribution is 2.47. The number of thiophene rings is 1. The highest BCUT2D eigenvalue weighted by atomic mass is 32.1. The van der Waals surface area contributed by atoms with Crippen molar-refractivity contribution in [2.24, 2.45) is 0 Å². The number of para-hydroxylation sites is 3. The van der Waals surface area contributed by atoms with Crippen LogP contribution in [0.2, 0.25) is 0 Å². The monoisotopic (exact) mass is 718 g/mol. The number of hydrogen-bond acceptors (Lipinski definition) is 3. The molecular formula is C50H30N4S. The number of hydrogen-bond donors (Lipinski definition) is 0. The van der Waals surface area contributed by atoms with Crippen LogP contribution in [0.25, 0.3) is 109 Å². The second kappa shape index (κ2) is 11.7. The minimum atomic E-state index is 0.667. The van der Waals surface area contributed by atoms with E-state index in [-0.39, 0.29) is 0 Å². The Morgan fingerprint density at radius 3 is 1.53 bits per heavy atom. The zero-order chi connectivity index (χ0) is 36.0. The lowest BCUT2D eigenvalue weighted by atomic mass is 10.0. The van der Waals surface area contributed by atoms with Gasteiger partial charge in [-0.3, -0.25) is 4.57 Å². The predicted molar refractivity (Wildman–Crippen MR) is 232 cm³/mol. The van der Waals surface area contributed by atoms with Crippen LogP contribution in [-0.2, 0) is 0 Å². The van der Waals surface area contributed by atoms with Gasteiger partial charge in [-0.15, -0.1) is 11.3 Å². The molecule has 0 amide bonds. The molecule has 4 heterocycles. The van der Waals surface area contributed by atoms with Crippen LogP contribution in [0.5, 0.6) is 0 Å². The highest BCUT2D eigenvalue weighted by molar-refractivity contribution is 7.26. The van der Waals surface area contributed by atoms with E-state index in [1.807, 2.05) is 11.3 Å². The van der Waals surface area contributed by atoms with E-state index < -0.39 is 0 Å². The Morgan fingerprint density at radius 1 is 0.364 bits per heavy atom. The predicted octanol–water partition coefficient (Wildman–Crippen LogP) is 13.5. The molecule has 12 rings (SSSR count). The van der Waals surface area contributed by atoms with Crippen molar-refractivity contribution < 1.29 is 0 Å². The molecule has 0 saturated carbocycles. The molecule has 8 aromatic carbocycles. The van der Waals surface area contributed by atoms with E-state index in [0.29, 0.717) is 5.95 Å². The molecule has 0 aliphatic rings. The van der Waals surface area contributed by atoms with Crippen molar-refractivity contribution in [1.82, 2.24) is 19.1 Å². The van der Waals surface area contributed by atoms with Crippen molar-refractivity contribution in [2.45, 2.75) is 0 Å². The zero-order valence-electron chi connectivity index (χ0n) is 29.5.